The van der Waals surface area contributed by atoms with Crippen LogP contribution in [0.5, 0.6) is 0 Å². The van der Waals surface area contributed by atoms with Gasteiger partial charge < -0.3 is 10.0 Å². The van der Waals surface area contributed by atoms with E-state index in [2.05, 4.69) is 4.98 Å². The molecular formula is C25H25F2N3O2. The van der Waals surface area contributed by atoms with Gasteiger partial charge in [-0.05, 0) is 48.6 Å². The summed E-state index contributed by atoms with van der Waals surface area (Å²) >= 11 is 0. The molecule has 2 atom stereocenters. The smallest absolute Gasteiger partial charge is 0.261 e. The normalized spacial score (nSPS) is 20.6. The molecule has 5 nitrogen and oxygen atoms in total. The minimum Gasteiger partial charge on any atom is -0.391 e. The van der Waals surface area contributed by atoms with E-state index in [4.69, 9.17) is 0 Å². The van der Waals surface area contributed by atoms with Crippen LogP contribution in [0.25, 0.3) is 17.0 Å². The van der Waals surface area contributed by atoms with Crippen molar-refractivity contribution in [1.82, 2.24) is 9.55 Å². The van der Waals surface area contributed by atoms with E-state index < -0.39 is 17.7 Å². The molecule has 1 N–H and O–H groups in total. The van der Waals surface area contributed by atoms with Gasteiger partial charge in [-0.3, -0.25) is 9.36 Å². The quantitative estimate of drug-likeness (QED) is 0.667. The predicted molar refractivity (Wildman–Crippen MR) is 121 cm³/mol. The monoisotopic (exact) mass is 437 g/mol. The lowest BCUT2D eigenvalue weighted by molar-refractivity contribution is 0.0735. The van der Waals surface area contributed by atoms with Gasteiger partial charge in [-0.2, -0.15) is 0 Å². The molecule has 1 fully saturated rings. The molecule has 3 aromatic rings. The first-order valence-corrected chi connectivity index (χ1v) is 11.0. The molecule has 5 rings (SSSR count). The third-order valence-electron chi connectivity index (χ3n) is 6.65. The van der Waals surface area contributed by atoms with Crippen LogP contribution in [0.4, 0.5) is 14.5 Å². The van der Waals surface area contributed by atoms with Crippen molar-refractivity contribution in [2.24, 2.45) is 0 Å². The van der Waals surface area contributed by atoms with Crippen molar-refractivity contribution >= 4 is 22.7 Å². The van der Waals surface area contributed by atoms with Crippen molar-refractivity contribution in [2.75, 3.05) is 18.5 Å². The van der Waals surface area contributed by atoms with E-state index in [0.29, 0.717) is 35.9 Å². The van der Waals surface area contributed by atoms with Gasteiger partial charge in [-0.1, -0.05) is 31.1 Å². The lowest BCUT2D eigenvalue weighted by atomic mass is 9.91. The van der Waals surface area contributed by atoms with Crippen LogP contribution in [0.2, 0.25) is 0 Å². The number of nitrogens with zero attached hydrogens (tertiary/aromatic N) is 3. The molecule has 2 heterocycles. The first-order chi connectivity index (χ1) is 15.4. The van der Waals surface area contributed by atoms with E-state index in [1.165, 1.54) is 6.07 Å². The van der Waals surface area contributed by atoms with E-state index >= 15 is 0 Å². The Morgan fingerprint density at radius 2 is 1.97 bits per heavy atom. The van der Waals surface area contributed by atoms with E-state index in [0.717, 1.165) is 42.1 Å². The number of aliphatic hydroxyl groups is 1. The lowest BCUT2D eigenvalue weighted by Crippen LogP contribution is -2.35. The van der Waals surface area contributed by atoms with E-state index in [-0.39, 0.29) is 11.6 Å². The number of benzene rings is 2. The highest BCUT2D eigenvalue weighted by Crippen LogP contribution is 2.36. The summed E-state index contributed by atoms with van der Waals surface area (Å²) in [5.41, 5.74) is 3.70. The number of likely N-dealkylation sites (N-methyl/N-ethyl adjacent to an activating group) is 1. The molecule has 1 aliphatic heterocycles. The van der Waals surface area contributed by atoms with Gasteiger partial charge in [0, 0.05) is 19.2 Å². The maximum absolute atomic E-state index is 13.8. The minimum atomic E-state index is -0.889. The highest BCUT2D eigenvalue weighted by atomic mass is 19.2. The Morgan fingerprint density at radius 3 is 2.75 bits per heavy atom. The number of halogens is 2. The maximum atomic E-state index is 13.8. The van der Waals surface area contributed by atoms with Gasteiger partial charge in [0.05, 0.1) is 29.5 Å². The highest BCUT2D eigenvalue weighted by Gasteiger charge is 2.27. The van der Waals surface area contributed by atoms with Gasteiger partial charge in [0.1, 0.15) is 5.52 Å². The number of hydrogen-bond acceptors (Lipinski definition) is 4. The summed E-state index contributed by atoms with van der Waals surface area (Å²) in [5.74, 6) is -1.77. The Balaban J connectivity index is 1.69. The second-order valence-corrected chi connectivity index (χ2v) is 8.78. The first-order valence-electron chi connectivity index (χ1n) is 11.0. The molecule has 2 aromatic carbocycles. The number of hydrogen-bond donors (Lipinski definition) is 1. The second-order valence-electron chi connectivity index (χ2n) is 8.78. The molecule has 0 saturated heterocycles. The molecule has 0 bridgehead atoms. The maximum Gasteiger partial charge on any atom is 0.261 e. The number of anilines is 1. The van der Waals surface area contributed by atoms with Crippen molar-refractivity contribution in [3.63, 3.8) is 0 Å². The zero-order chi connectivity index (χ0) is 22.4. The summed E-state index contributed by atoms with van der Waals surface area (Å²) in [6.07, 6.45) is 8.72. The van der Waals surface area contributed by atoms with Gasteiger partial charge in [0.25, 0.3) is 5.56 Å². The van der Waals surface area contributed by atoms with Gasteiger partial charge >= 0.3 is 0 Å². The number of rotatable bonds is 3. The van der Waals surface area contributed by atoms with Crippen LogP contribution in [0.15, 0.2) is 41.5 Å². The van der Waals surface area contributed by atoms with Gasteiger partial charge in [-0.15, -0.1) is 0 Å². The standard InChI is InChI=1S/C25H25F2N3O2/c1-29-10-4-5-17-16(11-15-8-9-19(26)20(27)12-15)13-18-23(24(17)29)28-14-30(25(18)32)21-6-2-3-7-22(21)31/h4-5,8-9,12-14,21-22,31H,2-3,6-7,10-11H2,1H3/t21-,22-/m0/s1. The van der Waals surface area contributed by atoms with Crippen LogP contribution in [-0.4, -0.2) is 34.4 Å². The Morgan fingerprint density at radius 1 is 1.16 bits per heavy atom. The summed E-state index contributed by atoms with van der Waals surface area (Å²) in [5, 5.41) is 11.0. The minimum absolute atomic E-state index is 0.182. The molecule has 1 aliphatic carbocycles. The third-order valence-corrected chi connectivity index (χ3v) is 6.65. The fourth-order valence-corrected chi connectivity index (χ4v) is 4.99. The molecule has 166 valence electrons. The van der Waals surface area contributed by atoms with Crippen molar-refractivity contribution < 1.29 is 13.9 Å². The van der Waals surface area contributed by atoms with E-state index in [1.807, 2.05) is 30.2 Å². The average molecular weight is 437 g/mol. The molecule has 1 aromatic heterocycles. The fraction of sp³-hybridized carbons (Fsp3) is 0.360. The molecule has 0 amide bonds. The van der Waals surface area contributed by atoms with Crippen LogP contribution in [0, 0.1) is 11.6 Å². The zero-order valence-corrected chi connectivity index (χ0v) is 17.9. The summed E-state index contributed by atoms with van der Waals surface area (Å²) in [7, 11) is 1.95. The number of aromatic nitrogens is 2. The number of fused-ring (bicyclic) bond motifs is 3. The zero-order valence-electron chi connectivity index (χ0n) is 17.9. The van der Waals surface area contributed by atoms with Crippen molar-refractivity contribution in [3.8, 4) is 0 Å². The van der Waals surface area contributed by atoms with Gasteiger partial charge in [0.15, 0.2) is 11.6 Å². The predicted octanol–water partition coefficient (Wildman–Crippen LogP) is 4.20. The van der Waals surface area contributed by atoms with E-state index in [1.54, 1.807) is 17.0 Å². The molecule has 1 saturated carbocycles. The van der Waals surface area contributed by atoms with E-state index in [9.17, 15) is 18.7 Å². The molecule has 0 unspecified atom stereocenters. The Kier molecular flexibility index (Phi) is 5.29. The van der Waals surface area contributed by atoms with Crippen LogP contribution < -0.4 is 10.5 Å². The van der Waals surface area contributed by atoms with Crippen molar-refractivity contribution in [1.29, 1.82) is 0 Å². The molecule has 0 spiro atoms. The fourth-order valence-electron chi connectivity index (χ4n) is 4.99. The molecule has 0 radical (unpaired) electrons. The molecule has 7 heteroatoms. The van der Waals surface area contributed by atoms with Crippen LogP contribution >= 0.6 is 0 Å². The topological polar surface area (TPSA) is 58.4 Å². The molecular weight excluding hydrogens is 412 g/mol. The number of aliphatic hydroxyl groups excluding tert-OH is 1. The summed E-state index contributed by atoms with van der Waals surface area (Å²) in [4.78, 5) is 20.2. The lowest BCUT2D eigenvalue weighted by Gasteiger charge is -2.30. The van der Waals surface area contributed by atoms with Crippen LogP contribution in [0.3, 0.4) is 0 Å². The first kappa shape index (κ1) is 20.8. The summed E-state index contributed by atoms with van der Waals surface area (Å²) in [6.45, 7) is 0.683. The van der Waals surface area contributed by atoms with Crippen molar-refractivity contribution in [2.45, 2.75) is 44.2 Å². The molecule has 32 heavy (non-hydrogen) atoms. The Hall–Kier alpha value is -3.06. The highest BCUT2D eigenvalue weighted by molar-refractivity contribution is 5.97. The second kappa shape index (κ2) is 8.13. The molecule has 2 aliphatic rings. The van der Waals surface area contributed by atoms with Crippen molar-refractivity contribution in [3.05, 3.63) is 75.3 Å². The average Bonchev–Trinajstić information content (AvgIpc) is 2.78. The van der Waals surface area contributed by atoms with Gasteiger partial charge in [-0.25, -0.2) is 13.8 Å². The SMILES string of the molecule is CN1CC=Cc2c(Cc3ccc(F)c(F)c3)cc3c(=O)n([C@H]4CCCC[C@@H]4O)cnc3c21. The van der Waals surface area contributed by atoms with Gasteiger partial charge in [0.2, 0.25) is 0 Å². The third kappa shape index (κ3) is 3.50. The largest absolute Gasteiger partial charge is 0.391 e. The Labute approximate surface area is 184 Å². The summed E-state index contributed by atoms with van der Waals surface area (Å²) in [6, 6.07) is 5.42. The van der Waals surface area contributed by atoms with Crippen LogP contribution in [0.1, 0.15) is 48.4 Å². The Bertz CT molecular complexity index is 1280. The summed E-state index contributed by atoms with van der Waals surface area (Å²) < 4.78 is 28.8. The van der Waals surface area contributed by atoms with Crippen LogP contribution in [-0.2, 0) is 6.42 Å².